The number of phenols is 1. The van der Waals surface area contributed by atoms with Crippen molar-refractivity contribution in [2.45, 2.75) is 26.2 Å². The minimum atomic E-state index is 0.133. The molecular formula is C13H16O2. The highest BCUT2D eigenvalue weighted by Gasteiger charge is 2.02. The van der Waals surface area contributed by atoms with E-state index in [1.165, 1.54) is 0 Å². The molecule has 0 aliphatic rings. The van der Waals surface area contributed by atoms with Gasteiger partial charge in [-0.3, -0.25) is 4.79 Å². The lowest BCUT2D eigenvalue weighted by atomic mass is 10.0. The number of carbonyl (C=O) groups is 1. The molecule has 0 saturated carbocycles. The standard InChI is InChI=1S/C13H16O2/c1-10(2)13(15)5-3-4-11-6-8-12(14)9-7-11/h6-9,14H,1,3-5H2,2H3. The van der Waals surface area contributed by atoms with Crippen LogP contribution in [0.3, 0.4) is 0 Å². The summed E-state index contributed by atoms with van der Waals surface area (Å²) in [7, 11) is 0. The van der Waals surface area contributed by atoms with Gasteiger partial charge in [0.1, 0.15) is 5.75 Å². The van der Waals surface area contributed by atoms with Gasteiger partial charge in [-0.25, -0.2) is 0 Å². The molecule has 0 heterocycles. The molecule has 15 heavy (non-hydrogen) atoms. The van der Waals surface area contributed by atoms with E-state index >= 15 is 0 Å². The van der Waals surface area contributed by atoms with E-state index in [-0.39, 0.29) is 11.5 Å². The average molecular weight is 204 g/mol. The number of hydrogen-bond acceptors (Lipinski definition) is 2. The van der Waals surface area contributed by atoms with Crippen LogP contribution in [0.15, 0.2) is 36.4 Å². The first kappa shape index (κ1) is 11.5. The molecule has 2 heteroatoms. The van der Waals surface area contributed by atoms with Gasteiger partial charge in [0.15, 0.2) is 5.78 Å². The molecule has 0 aliphatic carbocycles. The van der Waals surface area contributed by atoms with Crippen LogP contribution in [0.5, 0.6) is 5.75 Å². The monoisotopic (exact) mass is 204 g/mol. The molecule has 2 nitrogen and oxygen atoms in total. The molecule has 1 aromatic carbocycles. The van der Waals surface area contributed by atoms with Crippen LogP contribution >= 0.6 is 0 Å². The zero-order valence-electron chi connectivity index (χ0n) is 8.99. The van der Waals surface area contributed by atoms with E-state index in [1.54, 1.807) is 19.1 Å². The van der Waals surface area contributed by atoms with Crippen molar-refractivity contribution in [1.29, 1.82) is 0 Å². The lowest BCUT2D eigenvalue weighted by molar-refractivity contribution is -0.115. The number of Topliss-reactive ketones (excluding diaryl/α,β-unsaturated/α-hetero) is 1. The van der Waals surface area contributed by atoms with Crippen molar-refractivity contribution < 1.29 is 9.90 Å². The number of aryl methyl sites for hydroxylation is 1. The molecule has 80 valence electrons. The summed E-state index contributed by atoms with van der Waals surface area (Å²) in [5.74, 6) is 0.408. The molecule has 1 aromatic rings. The third-order valence-corrected chi connectivity index (χ3v) is 2.28. The maximum absolute atomic E-state index is 11.2. The molecule has 0 atom stereocenters. The number of allylic oxidation sites excluding steroid dienone is 1. The Morgan fingerprint density at radius 2 is 1.93 bits per heavy atom. The van der Waals surface area contributed by atoms with Crippen LogP contribution in [0.25, 0.3) is 0 Å². The van der Waals surface area contributed by atoms with Gasteiger partial charge in [-0.15, -0.1) is 0 Å². The maximum Gasteiger partial charge on any atom is 0.157 e. The Bertz CT molecular complexity index is 349. The van der Waals surface area contributed by atoms with E-state index in [2.05, 4.69) is 6.58 Å². The number of ketones is 1. The van der Waals surface area contributed by atoms with Crippen LogP contribution < -0.4 is 0 Å². The van der Waals surface area contributed by atoms with Crippen LogP contribution in [0.4, 0.5) is 0 Å². The molecule has 1 N–H and O–H groups in total. The first-order valence-electron chi connectivity index (χ1n) is 5.06. The third kappa shape index (κ3) is 3.98. The second-order valence-electron chi connectivity index (χ2n) is 3.72. The Morgan fingerprint density at radius 3 is 2.47 bits per heavy atom. The SMILES string of the molecule is C=C(C)C(=O)CCCc1ccc(O)cc1. The Hall–Kier alpha value is -1.57. The lowest BCUT2D eigenvalue weighted by Crippen LogP contribution is -1.98. The van der Waals surface area contributed by atoms with Crippen molar-refractivity contribution in [2.24, 2.45) is 0 Å². The van der Waals surface area contributed by atoms with Gasteiger partial charge < -0.3 is 5.11 Å². The van der Waals surface area contributed by atoms with Gasteiger partial charge in [-0.1, -0.05) is 18.7 Å². The number of benzene rings is 1. The first-order valence-corrected chi connectivity index (χ1v) is 5.06. The van der Waals surface area contributed by atoms with Crippen LogP contribution in [0.2, 0.25) is 0 Å². The second kappa shape index (κ2) is 5.35. The molecule has 0 aromatic heterocycles. The molecule has 0 aliphatic heterocycles. The molecule has 0 spiro atoms. The zero-order chi connectivity index (χ0) is 11.3. The van der Waals surface area contributed by atoms with E-state index in [0.29, 0.717) is 12.0 Å². The van der Waals surface area contributed by atoms with E-state index in [1.807, 2.05) is 12.1 Å². The van der Waals surface area contributed by atoms with Crippen molar-refractivity contribution in [3.63, 3.8) is 0 Å². The highest BCUT2D eigenvalue weighted by atomic mass is 16.3. The second-order valence-corrected chi connectivity index (χ2v) is 3.72. The number of hydrogen-bond donors (Lipinski definition) is 1. The van der Waals surface area contributed by atoms with Gasteiger partial charge in [0.2, 0.25) is 0 Å². The van der Waals surface area contributed by atoms with Gasteiger partial charge in [0.25, 0.3) is 0 Å². The molecule has 0 unspecified atom stereocenters. The Labute approximate surface area is 90.3 Å². The highest BCUT2D eigenvalue weighted by molar-refractivity contribution is 5.93. The molecule has 1 rings (SSSR count). The summed E-state index contributed by atoms with van der Waals surface area (Å²) in [6, 6.07) is 7.08. The lowest BCUT2D eigenvalue weighted by Gasteiger charge is -2.01. The van der Waals surface area contributed by atoms with Gasteiger partial charge in [0, 0.05) is 6.42 Å². The number of carbonyl (C=O) groups excluding carboxylic acids is 1. The summed E-state index contributed by atoms with van der Waals surface area (Å²) in [5.41, 5.74) is 1.77. The third-order valence-electron chi connectivity index (χ3n) is 2.28. The smallest absolute Gasteiger partial charge is 0.157 e. The van der Waals surface area contributed by atoms with Gasteiger partial charge in [0.05, 0.1) is 0 Å². The predicted molar refractivity (Wildman–Crippen MR) is 60.9 cm³/mol. The Balaban J connectivity index is 2.35. The van der Waals surface area contributed by atoms with Crippen LogP contribution in [0.1, 0.15) is 25.3 Å². The molecular weight excluding hydrogens is 188 g/mol. The van der Waals surface area contributed by atoms with E-state index in [9.17, 15) is 4.79 Å². The maximum atomic E-state index is 11.2. The molecule has 0 radical (unpaired) electrons. The number of aromatic hydroxyl groups is 1. The summed E-state index contributed by atoms with van der Waals surface area (Å²) >= 11 is 0. The Kier molecular flexibility index (Phi) is 4.10. The normalized spacial score (nSPS) is 9.93. The van der Waals surface area contributed by atoms with Gasteiger partial charge in [-0.2, -0.15) is 0 Å². The fourth-order valence-corrected chi connectivity index (χ4v) is 1.33. The summed E-state index contributed by atoms with van der Waals surface area (Å²) in [5, 5.41) is 9.08. The van der Waals surface area contributed by atoms with Gasteiger partial charge >= 0.3 is 0 Å². The minimum Gasteiger partial charge on any atom is -0.508 e. The van der Waals surface area contributed by atoms with E-state index in [4.69, 9.17) is 5.11 Å². The zero-order valence-corrected chi connectivity index (χ0v) is 8.99. The molecule has 0 bridgehead atoms. The summed E-state index contributed by atoms with van der Waals surface area (Å²) < 4.78 is 0. The largest absolute Gasteiger partial charge is 0.508 e. The predicted octanol–water partition coefficient (Wildman–Crippen LogP) is 2.86. The highest BCUT2D eigenvalue weighted by Crippen LogP contribution is 2.12. The molecule has 0 saturated heterocycles. The van der Waals surface area contributed by atoms with E-state index in [0.717, 1.165) is 18.4 Å². The molecule has 0 amide bonds. The van der Waals surface area contributed by atoms with Crippen LogP contribution in [-0.2, 0) is 11.2 Å². The van der Waals surface area contributed by atoms with Crippen molar-refractivity contribution in [1.82, 2.24) is 0 Å². The fourth-order valence-electron chi connectivity index (χ4n) is 1.33. The van der Waals surface area contributed by atoms with Gasteiger partial charge in [-0.05, 0) is 43.0 Å². The fraction of sp³-hybridized carbons (Fsp3) is 0.308. The van der Waals surface area contributed by atoms with Crippen LogP contribution in [0, 0.1) is 0 Å². The minimum absolute atomic E-state index is 0.133. The quantitative estimate of drug-likeness (QED) is 0.749. The molecule has 0 fully saturated rings. The number of rotatable bonds is 5. The summed E-state index contributed by atoms with van der Waals surface area (Å²) in [4.78, 5) is 11.2. The Morgan fingerprint density at radius 1 is 1.33 bits per heavy atom. The first-order chi connectivity index (χ1) is 7.09. The van der Waals surface area contributed by atoms with Crippen molar-refractivity contribution >= 4 is 5.78 Å². The topological polar surface area (TPSA) is 37.3 Å². The van der Waals surface area contributed by atoms with Crippen molar-refractivity contribution in [3.8, 4) is 5.75 Å². The van der Waals surface area contributed by atoms with Crippen LogP contribution in [-0.4, -0.2) is 10.9 Å². The summed E-state index contributed by atoms with van der Waals surface area (Å²) in [6.07, 6.45) is 2.24. The average Bonchev–Trinajstić information content (AvgIpc) is 2.20. The van der Waals surface area contributed by atoms with E-state index < -0.39 is 0 Å². The van der Waals surface area contributed by atoms with Crippen molar-refractivity contribution in [3.05, 3.63) is 42.0 Å². The van der Waals surface area contributed by atoms with Crippen molar-refractivity contribution in [2.75, 3.05) is 0 Å². The summed E-state index contributed by atoms with van der Waals surface area (Å²) in [6.45, 7) is 5.35. The number of phenolic OH excluding ortho intramolecular Hbond substituents is 1.